The lowest BCUT2D eigenvalue weighted by molar-refractivity contribution is 0.0690. The molecule has 0 unspecified atom stereocenters. The molecule has 5 heteroatoms. The molecule has 0 aliphatic rings. The summed E-state index contributed by atoms with van der Waals surface area (Å²) in [5, 5.41) is 8.97. The molecule has 0 amide bonds. The Balaban J connectivity index is 2.70. The summed E-state index contributed by atoms with van der Waals surface area (Å²) < 4.78 is 7.11. The Labute approximate surface area is 92.3 Å². The molecule has 2 rings (SSSR count). The number of carboxylic acids is 1. The zero-order valence-corrected chi connectivity index (χ0v) is 9.10. The Kier molecular flexibility index (Phi) is 2.52. The fourth-order valence-electron chi connectivity index (χ4n) is 1.63. The van der Waals surface area contributed by atoms with Crippen LogP contribution in [0, 0.1) is 6.92 Å². The molecule has 0 spiro atoms. The molecule has 0 bridgehead atoms. The number of fused-ring (bicyclic) bond motifs is 1. The average Bonchev–Trinajstić information content (AvgIpc) is 2.58. The van der Waals surface area contributed by atoms with Gasteiger partial charge in [-0.2, -0.15) is 0 Å². The van der Waals surface area contributed by atoms with Gasteiger partial charge in [0, 0.05) is 6.20 Å². The van der Waals surface area contributed by atoms with Crippen molar-refractivity contribution in [1.29, 1.82) is 0 Å². The van der Waals surface area contributed by atoms with E-state index in [1.807, 2.05) is 6.92 Å². The molecule has 0 aliphatic heterocycles. The van der Waals surface area contributed by atoms with Crippen LogP contribution in [0.15, 0.2) is 18.3 Å². The van der Waals surface area contributed by atoms with E-state index in [0.29, 0.717) is 23.7 Å². The summed E-state index contributed by atoms with van der Waals surface area (Å²) in [4.78, 5) is 15.0. The lowest BCUT2D eigenvalue weighted by atomic mass is 10.3. The highest BCUT2D eigenvalue weighted by molar-refractivity contribution is 5.88. The van der Waals surface area contributed by atoms with E-state index in [2.05, 4.69) is 4.98 Å². The number of aryl methyl sites for hydroxylation is 1. The monoisotopic (exact) mass is 220 g/mol. The minimum atomic E-state index is -1.02. The lowest BCUT2D eigenvalue weighted by Crippen LogP contribution is -1.99. The van der Waals surface area contributed by atoms with E-state index in [0.717, 1.165) is 0 Å². The number of rotatable bonds is 3. The standard InChI is InChI=1S/C11H12N2O3/c1-3-16-8-5-4-6-13-7(2)9(11(14)15)12-10(8)13/h4-6H,3H2,1-2H3,(H,14,15). The number of aromatic carboxylic acids is 1. The molecule has 0 radical (unpaired) electrons. The maximum absolute atomic E-state index is 10.9. The number of imidazole rings is 1. The molecule has 2 aromatic rings. The fourth-order valence-corrected chi connectivity index (χ4v) is 1.63. The van der Waals surface area contributed by atoms with Gasteiger partial charge in [-0.1, -0.05) is 0 Å². The number of ether oxygens (including phenoxy) is 1. The molecule has 0 aromatic carbocycles. The van der Waals surface area contributed by atoms with Crippen LogP contribution in [0.25, 0.3) is 5.65 Å². The van der Waals surface area contributed by atoms with Gasteiger partial charge in [-0.05, 0) is 26.0 Å². The lowest BCUT2D eigenvalue weighted by Gasteiger charge is -2.04. The first-order valence-corrected chi connectivity index (χ1v) is 4.99. The van der Waals surface area contributed by atoms with Gasteiger partial charge in [0.15, 0.2) is 17.1 Å². The molecule has 1 N–H and O–H groups in total. The smallest absolute Gasteiger partial charge is 0.356 e. The molecule has 0 saturated heterocycles. The Hall–Kier alpha value is -2.04. The van der Waals surface area contributed by atoms with Crippen molar-refractivity contribution >= 4 is 11.6 Å². The predicted molar refractivity (Wildman–Crippen MR) is 58.1 cm³/mol. The second-order valence-electron chi connectivity index (χ2n) is 3.35. The fraction of sp³-hybridized carbons (Fsp3) is 0.273. The summed E-state index contributed by atoms with van der Waals surface area (Å²) in [7, 11) is 0. The van der Waals surface area contributed by atoms with Crippen molar-refractivity contribution in [2.24, 2.45) is 0 Å². The molecule has 5 nitrogen and oxygen atoms in total. The minimum absolute atomic E-state index is 0.0622. The average molecular weight is 220 g/mol. The van der Waals surface area contributed by atoms with Crippen LogP contribution >= 0.6 is 0 Å². The van der Waals surface area contributed by atoms with E-state index in [4.69, 9.17) is 9.84 Å². The molecule has 0 saturated carbocycles. The van der Waals surface area contributed by atoms with Crippen molar-refractivity contribution in [2.45, 2.75) is 13.8 Å². The highest BCUT2D eigenvalue weighted by atomic mass is 16.5. The molecular formula is C11H12N2O3. The first-order valence-electron chi connectivity index (χ1n) is 4.99. The maximum atomic E-state index is 10.9. The summed E-state index contributed by atoms with van der Waals surface area (Å²) in [5.41, 5.74) is 1.20. The van der Waals surface area contributed by atoms with E-state index in [1.165, 1.54) is 0 Å². The van der Waals surface area contributed by atoms with Gasteiger partial charge in [0.2, 0.25) is 0 Å². The van der Waals surface area contributed by atoms with E-state index < -0.39 is 5.97 Å². The molecule has 0 fully saturated rings. The van der Waals surface area contributed by atoms with Crippen LogP contribution in [0.5, 0.6) is 5.75 Å². The first kappa shape index (κ1) is 10.5. The van der Waals surface area contributed by atoms with E-state index in [1.54, 1.807) is 29.7 Å². The number of pyridine rings is 1. The maximum Gasteiger partial charge on any atom is 0.356 e. The Morgan fingerprint density at radius 1 is 1.62 bits per heavy atom. The Morgan fingerprint density at radius 3 is 3.00 bits per heavy atom. The van der Waals surface area contributed by atoms with Crippen LogP contribution in [0.3, 0.4) is 0 Å². The van der Waals surface area contributed by atoms with Crippen molar-refractivity contribution in [3.05, 3.63) is 29.7 Å². The number of carboxylic acid groups (broad SMARTS) is 1. The van der Waals surface area contributed by atoms with Crippen molar-refractivity contribution in [1.82, 2.24) is 9.38 Å². The van der Waals surface area contributed by atoms with Gasteiger partial charge in [0.05, 0.1) is 12.3 Å². The third kappa shape index (κ3) is 1.50. The highest BCUT2D eigenvalue weighted by Gasteiger charge is 2.16. The largest absolute Gasteiger partial charge is 0.490 e. The normalized spacial score (nSPS) is 10.6. The van der Waals surface area contributed by atoms with Crippen molar-refractivity contribution in [3.63, 3.8) is 0 Å². The van der Waals surface area contributed by atoms with Gasteiger partial charge in [-0.25, -0.2) is 9.78 Å². The van der Waals surface area contributed by atoms with Gasteiger partial charge in [0.25, 0.3) is 0 Å². The van der Waals surface area contributed by atoms with Gasteiger partial charge >= 0.3 is 5.97 Å². The highest BCUT2D eigenvalue weighted by Crippen LogP contribution is 2.21. The molecular weight excluding hydrogens is 208 g/mol. The van der Waals surface area contributed by atoms with E-state index >= 15 is 0 Å². The van der Waals surface area contributed by atoms with Crippen LogP contribution < -0.4 is 4.74 Å². The first-order chi connectivity index (χ1) is 7.65. The topological polar surface area (TPSA) is 63.8 Å². The van der Waals surface area contributed by atoms with Crippen molar-refractivity contribution < 1.29 is 14.6 Å². The van der Waals surface area contributed by atoms with Crippen LogP contribution in [-0.4, -0.2) is 27.1 Å². The SMILES string of the molecule is CCOc1cccn2c(C)c(C(=O)O)nc12. The molecule has 0 atom stereocenters. The Bertz CT molecular complexity index is 545. The van der Waals surface area contributed by atoms with Crippen LogP contribution in [-0.2, 0) is 0 Å². The van der Waals surface area contributed by atoms with Gasteiger partial charge in [-0.3, -0.25) is 0 Å². The Morgan fingerprint density at radius 2 is 2.38 bits per heavy atom. The third-order valence-electron chi connectivity index (χ3n) is 2.36. The summed E-state index contributed by atoms with van der Waals surface area (Å²) in [5.74, 6) is -0.427. The molecule has 2 aromatic heterocycles. The zero-order valence-electron chi connectivity index (χ0n) is 9.10. The molecule has 2 heterocycles. The van der Waals surface area contributed by atoms with Crippen molar-refractivity contribution in [3.8, 4) is 5.75 Å². The van der Waals surface area contributed by atoms with Gasteiger partial charge in [-0.15, -0.1) is 0 Å². The summed E-state index contributed by atoms with van der Waals surface area (Å²) in [6, 6.07) is 3.58. The zero-order chi connectivity index (χ0) is 11.7. The summed E-state index contributed by atoms with van der Waals surface area (Å²) in [6.07, 6.45) is 1.77. The molecule has 0 aliphatic carbocycles. The molecule has 16 heavy (non-hydrogen) atoms. The number of nitrogens with zero attached hydrogens (tertiary/aromatic N) is 2. The number of aromatic nitrogens is 2. The van der Waals surface area contributed by atoms with Gasteiger partial charge in [0.1, 0.15) is 0 Å². The molecule has 84 valence electrons. The predicted octanol–water partition coefficient (Wildman–Crippen LogP) is 1.74. The van der Waals surface area contributed by atoms with E-state index in [9.17, 15) is 4.79 Å². The minimum Gasteiger partial charge on any atom is -0.490 e. The third-order valence-corrected chi connectivity index (χ3v) is 2.36. The summed E-state index contributed by atoms with van der Waals surface area (Å²) in [6.45, 7) is 4.12. The second kappa shape index (κ2) is 3.84. The van der Waals surface area contributed by atoms with E-state index in [-0.39, 0.29) is 5.69 Å². The van der Waals surface area contributed by atoms with Crippen LogP contribution in [0.2, 0.25) is 0 Å². The quantitative estimate of drug-likeness (QED) is 0.855. The van der Waals surface area contributed by atoms with Crippen molar-refractivity contribution in [2.75, 3.05) is 6.61 Å². The van der Waals surface area contributed by atoms with Crippen LogP contribution in [0.1, 0.15) is 23.1 Å². The van der Waals surface area contributed by atoms with Gasteiger partial charge < -0.3 is 14.2 Å². The van der Waals surface area contributed by atoms with Crippen LogP contribution in [0.4, 0.5) is 0 Å². The second-order valence-corrected chi connectivity index (χ2v) is 3.35. The number of carbonyl (C=O) groups is 1. The summed E-state index contributed by atoms with van der Waals surface area (Å²) >= 11 is 0. The number of hydrogen-bond acceptors (Lipinski definition) is 3. The number of hydrogen-bond donors (Lipinski definition) is 1.